The van der Waals surface area contributed by atoms with E-state index in [2.05, 4.69) is 49.3 Å². The number of hydrogen-bond donors (Lipinski definition) is 1. The lowest BCUT2D eigenvalue weighted by atomic mass is 9.95. The first kappa shape index (κ1) is 14.7. The van der Waals surface area contributed by atoms with Crippen molar-refractivity contribution in [1.29, 1.82) is 0 Å². The van der Waals surface area contributed by atoms with Gasteiger partial charge >= 0.3 is 0 Å². The highest BCUT2D eigenvalue weighted by Gasteiger charge is 2.13. The summed E-state index contributed by atoms with van der Waals surface area (Å²) in [6, 6.07) is 8.10. The van der Waals surface area contributed by atoms with Gasteiger partial charge < -0.3 is 5.32 Å². The number of benzene rings is 1. The van der Waals surface area contributed by atoms with Crippen molar-refractivity contribution in [1.82, 2.24) is 10.3 Å². The molecule has 1 heterocycles. The average molecular weight is 272 g/mol. The van der Waals surface area contributed by atoms with E-state index in [9.17, 15) is 4.39 Å². The summed E-state index contributed by atoms with van der Waals surface area (Å²) in [5.41, 5.74) is 4.70. The van der Waals surface area contributed by atoms with Gasteiger partial charge in [-0.25, -0.2) is 4.39 Å². The number of rotatable bonds is 5. The summed E-state index contributed by atoms with van der Waals surface area (Å²) < 4.78 is 13.4. The predicted molar refractivity (Wildman–Crippen MR) is 80.2 cm³/mol. The Morgan fingerprint density at radius 1 is 1.20 bits per heavy atom. The number of pyridine rings is 1. The van der Waals surface area contributed by atoms with Crippen molar-refractivity contribution >= 4 is 0 Å². The Hall–Kier alpha value is -1.74. The van der Waals surface area contributed by atoms with Gasteiger partial charge in [-0.05, 0) is 49.6 Å². The average Bonchev–Trinajstić information content (AvgIpc) is 2.42. The van der Waals surface area contributed by atoms with Crippen molar-refractivity contribution in [3.63, 3.8) is 0 Å². The standard InChI is InChI=1S/C17H21FN2/c1-4-20-17(15-8-16(18)11-19-10-15)9-14-7-12(2)5-6-13(14)3/h5-8,10-11,17,20H,4,9H2,1-3H3. The molecular formula is C17H21FN2. The quantitative estimate of drug-likeness (QED) is 0.897. The lowest BCUT2D eigenvalue weighted by Gasteiger charge is -2.19. The van der Waals surface area contributed by atoms with E-state index in [1.54, 1.807) is 12.3 Å². The number of aromatic nitrogens is 1. The fourth-order valence-corrected chi connectivity index (χ4v) is 2.41. The van der Waals surface area contributed by atoms with Crippen molar-refractivity contribution in [2.45, 2.75) is 33.2 Å². The molecule has 2 aromatic rings. The minimum absolute atomic E-state index is 0.0868. The summed E-state index contributed by atoms with van der Waals surface area (Å²) in [4.78, 5) is 3.95. The third-order valence-electron chi connectivity index (χ3n) is 3.51. The Kier molecular flexibility index (Phi) is 4.85. The van der Waals surface area contributed by atoms with Gasteiger partial charge in [-0.1, -0.05) is 30.7 Å². The van der Waals surface area contributed by atoms with E-state index in [0.29, 0.717) is 0 Å². The molecule has 1 atom stereocenters. The summed E-state index contributed by atoms with van der Waals surface area (Å²) in [6.07, 6.45) is 3.82. The SMILES string of the molecule is CCNC(Cc1cc(C)ccc1C)c1cncc(F)c1. The molecule has 1 unspecified atom stereocenters. The van der Waals surface area contributed by atoms with Gasteiger partial charge in [0.1, 0.15) is 5.82 Å². The highest BCUT2D eigenvalue weighted by molar-refractivity contribution is 5.32. The molecule has 0 saturated heterocycles. The number of hydrogen-bond acceptors (Lipinski definition) is 2. The maximum Gasteiger partial charge on any atom is 0.141 e. The van der Waals surface area contributed by atoms with Crippen LogP contribution in [0.15, 0.2) is 36.7 Å². The number of halogens is 1. The molecule has 2 nitrogen and oxygen atoms in total. The highest BCUT2D eigenvalue weighted by Crippen LogP contribution is 2.21. The summed E-state index contributed by atoms with van der Waals surface area (Å²) >= 11 is 0. The molecule has 0 fully saturated rings. The topological polar surface area (TPSA) is 24.9 Å². The van der Waals surface area contributed by atoms with E-state index in [0.717, 1.165) is 18.5 Å². The van der Waals surface area contributed by atoms with Crippen LogP contribution >= 0.6 is 0 Å². The van der Waals surface area contributed by atoms with Crippen LogP contribution in [0, 0.1) is 19.7 Å². The number of likely N-dealkylation sites (N-methyl/N-ethyl adjacent to an activating group) is 1. The Balaban J connectivity index is 2.27. The second-order valence-corrected chi connectivity index (χ2v) is 5.18. The molecule has 3 heteroatoms. The maximum atomic E-state index is 13.4. The van der Waals surface area contributed by atoms with E-state index < -0.39 is 0 Å². The van der Waals surface area contributed by atoms with E-state index in [1.165, 1.54) is 22.9 Å². The first-order valence-electron chi connectivity index (χ1n) is 7.00. The van der Waals surface area contributed by atoms with Gasteiger partial charge in [0.05, 0.1) is 6.20 Å². The van der Waals surface area contributed by atoms with E-state index in [-0.39, 0.29) is 11.9 Å². The maximum absolute atomic E-state index is 13.4. The van der Waals surface area contributed by atoms with Crippen molar-refractivity contribution in [3.05, 3.63) is 64.7 Å². The van der Waals surface area contributed by atoms with Crippen LogP contribution in [0.4, 0.5) is 4.39 Å². The van der Waals surface area contributed by atoms with Crippen molar-refractivity contribution in [3.8, 4) is 0 Å². The van der Waals surface area contributed by atoms with E-state index in [1.807, 2.05) is 0 Å². The zero-order valence-corrected chi connectivity index (χ0v) is 12.3. The van der Waals surface area contributed by atoms with Crippen LogP contribution in [0.25, 0.3) is 0 Å². The minimum Gasteiger partial charge on any atom is -0.310 e. The van der Waals surface area contributed by atoms with Crippen molar-refractivity contribution < 1.29 is 4.39 Å². The number of aryl methyl sites for hydroxylation is 2. The normalized spacial score (nSPS) is 12.4. The number of nitrogens with zero attached hydrogens (tertiary/aromatic N) is 1. The minimum atomic E-state index is -0.286. The van der Waals surface area contributed by atoms with Gasteiger partial charge in [0.15, 0.2) is 0 Å². The van der Waals surface area contributed by atoms with Gasteiger partial charge in [0.25, 0.3) is 0 Å². The van der Waals surface area contributed by atoms with E-state index in [4.69, 9.17) is 0 Å². The molecule has 1 aromatic carbocycles. The third kappa shape index (κ3) is 3.64. The lowest BCUT2D eigenvalue weighted by Crippen LogP contribution is -2.23. The molecule has 0 aliphatic carbocycles. The molecule has 0 aliphatic rings. The molecule has 0 radical (unpaired) electrons. The van der Waals surface area contributed by atoms with Crippen LogP contribution in [0.1, 0.15) is 35.2 Å². The van der Waals surface area contributed by atoms with E-state index >= 15 is 0 Å². The highest BCUT2D eigenvalue weighted by atomic mass is 19.1. The molecule has 0 aliphatic heterocycles. The molecule has 2 rings (SSSR count). The van der Waals surface area contributed by atoms with Gasteiger partial charge in [0.2, 0.25) is 0 Å². The molecule has 0 saturated carbocycles. The monoisotopic (exact) mass is 272 g/mol. The lowest BCUT2D eigenvalue weighted by molar-refractivity contribution is 0.538. The summed E-state index contributed by atoms with van der Waals surface area (Å²) in [6.45, 7) is 7.10. The molecule has 1 N–H and O–H groups in total. The fourth-order valence-electron chi connectivity index (χ4n) is 2.41. The van der Waals surface area contributed by atoms with Gasteiger partial charge in [-0.3, -0.25) is 4.98 Å². The zero-order valence-electron chi connectivity index (χ0n) is 12.3. The summed E-state index contributed by atoms with van der Waals surface area (Å²) in [5.74, 6) is -0.286. The molecule has 0 bridgehead atoms. The summed E-state index contributed by atoms with van der Waals surface area (Å²) in [5, 5.41) is 3.41. The second-order valence-electron chi connectivity index (χ2n) is 5.18. The Morgan fingerprint density at radius 2 is 2.00 bits per heavy atom. The zero-order chi connectivity index (χ0) is 14.5. The van der Waals surface area contributed by atoms with Crippen LogP contribution in [0.2, 0.25) is 0 Å². The Bertz CT molecular complexity index is 581. The largest absolute Gasteiger partial charge is 0.310 e. The fraction of sp³-hybridized carbons (Fsp3) is 0.353. The first-order chi connectivity index (χ1) is 9.60. The molecule has 0 spiro atoms. The second kappa shape index (κ2) is 6.62. The van der Waals surface area contributed by atoms with Gasteiger partial charge in [0, 0.05) is 12.2 Å². The van der Waals surface area contributed by atoms with Crippen LogP contribution in [-0.4, -0.2) is 11.5 Å². The summed E-state index contributed by atoms with van der Waals surface area (Å²) in [7, 11) is 0. The Labute approximate surface area is 120 Å². The van der Waals surface area contributed by atoms with Gasteiger partial charge in [-0.15, -0.1) is 0 Å². The molecular weight excluding hydrogens is 251 g/mol. The molecule has 20 heavy (non-hydrogen) atoms. The third-order valence-corrected chi connectivity index (χ3v) is 3.51. The molecule has 0 amide bonds. The predicted octanol–water partition coefficient (Wildman–Crippen LogP) is 3.73. The number of nitrogens with one attached hydrogen (secondary N) is 1. The van der Waals surface area contributed by atoms with Crippen LogP contribution in [0.5, 0.6) is 0 Å². The van der Waals surface area contributed by atoms with Crippen LogP contribution in [0.3, 0.4) is 0 Å². The molecule has 1 aromatic heterocycles. The van der Waals surface area contributed by atoms with Crippen LogP contribution in [-0.2, 0) is 6.42 Å². The molecule has 106 valence electrons. The first-order valence-corrected chi connectivity index (χ1v) is 7.00. The van der Waals surface area contributed by atoms with Crippen LogP contribution < -0.4 is 5.32 Å². The Morgan fingerprint density at radius 3 is 2.70 bits per heavy atom. The van der Waals surface area contributed by atoms with Crippen molar-refractivity contribution in [2.75, 3.05) is 6.54 Å². The smallest absolute Gasteiger partial charge is 0.141 e. The van der Waals surface area contributed by atoms with Gasteiger partial charge in [-0.2, -0.15) is 0 Å². The van der Waals surface area contributed by atoms with Crippen molar-refractivity contribution in [2.24, 2.45) is 0 Å².